The van der Waals surface area contributed by atoms with E-state index in [4.69, 9.17) is 38.7 Å². The van der Waals surface area contributed by atoms with E-state index in [0.29, 0.717) is 31.9 Å². The summed E-state index contributed by atoms with van der Waals surface area (Å²) >= 11 is 3.02. The van der Waals surface area contributed by atoms with Gasteiger partial charge < -0.3 is 33.3 Å². The lowest BCUT2D eigenvalue weighted by atomic mass is 10.1. The van der Waals surface area contributed by atoms with Gasteiger partial charge in [0.25, 0.3) is 0 Å². The van der Waals surface area contributed by atoms with Gasteiger partial charge in [-0.25, -0.2) is 29.5 Å². The molecular formula is C44H48N10O7S2. The van der Waals surface area contributed by atoms with E-state index in [1.54, 1.807) is 46.9 Å². The lowest BCUT2D eigenvalue weighted by molar-refractivity contribution is 0.0262. The molecule has 6 aromatic heterocycles. The largest absolute Gasteiger partial charge is 0.463 e. The number of oxime groups is 1. The first-order chi connectivity index (χ1) is 30.1. The Labute approximate surface area is 372 Å². The molecule has 0 saturated heterocycles. The molecule has 2 aliphatic rings. The molecule has 19 heteroatoms. The van der Waals surface area contributed by atoms with Crippen molar-refractivity contribution in [3.8, 4) is 28.6 Å². The predicted molar refractivity (Wildman–Crippen MR) is 240 cm³/mol. The van der Waals surface area contributed by atoms with Gasteiger partial charge in [-0.05, 0) is 84.1 Å². The van der Waals surface area contributed by atoms with Crippen molar-refractivity contribution >= 4 is 64.4 Å². The Balaban J connectivity index is 0.000000189. The zero-order chi connectivity index (χ0) is 45.1. The van der Waals surface area contributed by atoms with Crippen molar-refractivity contribution in [3.05, 3.63) is 84.5 Å². The molecule has 0 unspecified atom stereocenters. The number of rotatable bonds is 7. The summed E-state index contributed by atoms with van der Waals surface area (Å²) in [5.41, 5.74) is 7.02. The topological polar surface area (TPSA) is 202 Å². The molecule has 2 amide bonds. The second kappa shape index (κ2) is 18.4. The smallest absolute Gasteiger partial charge is 0.410 e. The van der Waals surface area contributed by atoms with Crippen LogP contribution in [0, 0.1) is 11.3 Å². The maximum Gasteiger partial charge on any atom is 0.410 e. The molecule has 0 aromatic carbocycles. The molecule has 8 rings (SSSR count). The summed E-state index contributed by atoms with van der Waals surface area (Å²) in [6.07, 6.45) is 20.6. The van der Waals surface area contributed by atoms with Gasteiger partial charge in [-0.3, -0.25) is 8.80 Å². The second-order valence-corrected chi connectivity index (χ2v) is 18.2. The predicted octanol–water partition coefficient (Wildman–Crippen LogP) is 9.15. The molecule has 0 fully saturated rings. The third-order valence-electron chi connectivity index (χ3n) is 9.68. The van der Waals surface area contributed by atoms with Crippen LogP contribution in [0.3, 0.4) is 0 Å². The first-order valence-electron chi connectivity index (χ1n) is 20.0. The number of hydrogen-bond donors (Lipinski definition) is 1. The number of fused-ring (bicyclic) bond motifs is 2. The fourth-order valence-corrected chi connectivity index (χ4v) is 7.94. The van der Waals surface area contributed by atoms with E-state index < -0.39 is 11.2 Å². The number of imidazole rings is 2. The zero-order valence-corrected chi connectivity index (χ0v) is 37.9. The molecule has 0 spiro atoms. The summed E-state index contributed by atoms with van der Waals surface area (Å²) in [4.78, 5) is 47.2. The molecule has 0 radical (unpaired) electrons. The Morgan fingerprint density at radius 2 is 1.27 bits per heavy atom. The van der Waals surface area contributed by atoms with Crippen LogP contribution in [0.15, 0.2) is 85.6 Å². The Morgan fingerprint density at radius 3 is 1.70 bits per heavy atom. The highest BCUT2D eigenvalue weighted by Gasteiger charge is 2.28. The van der Waals surface area contributed by atoms with Gasteiger partial charge >= 0.3 is 12.2 Å². The number of thioether (sulfide) groups is 2. The van der Waals surface area contributed by atoms with Crippen molar-refractivity contribution in [2.24, 2.45) is 5.16 Å². The van der Waals surface area contributed by atoms with Crippen LogP contribution in [0.2, 0.25) is 0 Å². The summed E-state index contributed by atoms with van der Waals surface area (Å²) < 4.78 is 25.7. The van der Waals surface area contributed by atoms with Crippen molar-refractivity contribution in [2.45, 2.75) is 75.6 Å². The van der Waals surface area contributed by atoms with E-state index in [1.165, 1.54) is 29.7 Å². The number of carbonyl (C=O) groups excluding carboxylic acids is 2. The van der Waals surface area contributed by atoms with Crippen LogP contribution >= 0.6 is 23.5 Å². The first-order valence-corrected chi connectivity index (χ1v) is 22.5. The average Bonchev–Trinajstić information content (AvgIpc) is 4.09. The molecule has 8 heterocycles. The highest BCUT2D eigenvalue weighted by atomic mass is 32.2. The van der Waals surface area contributed by atoms with Gasteiger partial charge in [-0.2, -0.15) is 5.26 Å². The summed E-state index contributed by atoms with van der Waals surface area (Å²) in [7, 11) is 0. The van der Waals surface area contributed by atoms with Crippen LogP contribution in [-0.4, -0.2) is 112 Å². The Kier molecular flexibility index (Phi) is 13.0. The molecule has 6 aromatic rings. The number of furan rings is 2. The van der Waals surface area contributed by atoms with E-state index in [9.17, 15) is 9.59 Å². The van der Waals surface area contributed by atoms with Crippen molar-refractivity contribution in [2.75, 3.05) is 38.7 Å². The van der Waals surface area contributed by atoms with Crippen LogP contribution in [0.5, 0.6) is 0 Å². The quantitative estimate of drug-likeness (QED) is 0.0688. The van der Waals surface area contributed by atoms with E-state index >= 15 is 0 Å². The number of nitriles is 1. The van der Waals surface area contributed by atoms with E-state index in [0.717, 1.165) is 79.2 Å². The Hall–Kier alpha value is -6.52. The molecule has 0 bridgehead atoms. The van der Waals surface area contributed by atoms with E-state index in [1.807, 2.05) is 81.3 Å². The molecule has 0 aliphatic carbocycles. The normalized spacial score (nSPS) is 14.7. The number of nitrogens with zero attached hydrogens (tertiary/aromatic N) is 10. The third kappa shape index (κ3) is 10.2. The number of aromatic nitrogens is 6. The molecule has 17 nitrogen and oxygen atoms in total. The van der Waals surface area contributed by atoms with Gasteiger partial charge in [-0.15, -0.1) is 23.5 Å². The van der Waals surface area contributed by atoms with Crippen LogP contribution in [0.1, 0.15) is 77.3 Å². The lowest BCUT2D eigenvalue weighted by Gasteiger charge is -2.30. The second-order valence-electron chi connectivity index (χ2n) is 16.6. The van der Waals surface area contributed by atoms with Crippen LogP contribution in [0.25, 0.3) is 45.0 Å². The summed E-state index contributed by atoms with van der Waals surface area (Å²) in [5, 5.41) is 22.4. The van der Waals surface area contributed by atoms with Crippen molar-refractivity contribution in [3.63, 3.8) is 0 Å². The van der Waals surface area contributed by atoms with E-state index in [-0.39, 0.29) is 17.9 Å². The number of hydrogen-bond acceptors (Lipinski definition) is 15. The number of ether oxygens (including phenoxy) is 2. The van der Waals surface area contributed by atoms with Gasteiger partial charge in [0.15, 0.2) is 11.3 Å². The molecule has 0 saturated carbocycles. The van der Waals surface area contributed by atoms with Crippen LogP contribution < -0.4 is 0 Å². The number of amides is 2. The van der Waals surface area contributed by atoms with Crippen LogP contribution in [0.4, 0.5) is 9.59 Å². The molecule has 2 aliphatic heterocycles. The minimum atomic E-state index is -0.544. The average molecular weight is 893 g/mol. The van der Waals surface area contributed by atoms with E-state index in [2.05, 4.69) is 27.3 Å². The highest BCUT2D eigenvalue weighted by Crippen LogP contribution is 2.32. The lowest BCUT2D eigenvalue weighted by Crippen LogP contribution is -2.39. The fourth-order valence-electron chi connectivity index (χ4n) is 6.90. The van der Waals surface area contributed by atoms with Gasteiger partial charge in [0, 0.05) is 42.7 Å². The molecule has 1 N–H and O–H groups in total. The monoisotopic (exact) mass is 892 g/mol. The number of carbonyl (C=O) groups is 2. The summed E-state index contributed by atoms with van der Waals surface area (Å²) in [6, 6.07) is 5.46. The van der Waals surface area contributed by atoms with Gasteiger partial charge in [0.1, 0.15) is 51.8 Å². The Morgan fingerprint density at radius 1 is 0.794 bits per heavy atom. The standard InChI is InChI=1S/C22H25N5O4S.C22H23N5O3S/c1-22(2,3)31-21(28)26-7-5-6-14(11-26)17-12-27-18(10-23-19(27)20(25-17)32-4)15-8-16(9-24-29)30-13-15;1-22(2,3)30-21(28)26-7-5-6-14(11-26)17-12-27-18(15-8-16(9-23)29-13-15)10-24-19(27)20(25-17)31-4/h6,8-10,12-13,29H,5,7,11H2,1-4H3;6,8,10,12-13H,5,7,11H2,1-4H3/b24-9+;. The summed E-state index contributed by atoms with van der Waals surface area (Å²) in [6.45, 7) is 13.2. The minimum Gasteiger partial charge on any atom is -0.463 e. The van der Waals surface area contributed by atoms with Crippen molar-refractivity contribution in [1.82, 2.24) is 38.5 Å². The maximum absolute atomic E-state index is 12.6. The fraction of sp³-hybridized carbons (Fsp3) is 0.364. The van der Waals surface area contributed by atoms with Crippen LogP contribution in [-0.2, 0) is 9.47 Å². The Bertz CT molecular complexity index is 2800. The first kappa shape index (κ1) is 44.5. The van der Waals surface area contributed by atoms with Gasteiger partial charge in [0.2, 0.25) is 5.76 Å². The molecule has 63 heavy (non-hydrogen) atoms. The molecule has 0 atom stereocenters. The van der Waals surface area contributed by atoms with Gasteiger partial charge in [0.05, 0.1) is 48.3 Å². The summed E-state index contributed by atoms with van der Waals surface area (Å²) in [5.74, 6) is 0.673. The van der Waals surface area contributed by atoms with Crippen molar-refractivity contribution < 1.29 is 33.1 Å². The third-order valence-corrected chi connectivity index (χ3v) is 11.0. The SMILES string of the molecule is CSc1nc(C2=CCCN(C(=O)OC(C)(C)C)C2)cn2c(-c3coc(/C=N/O)c3)cnc12.CSc1nc(C2=CCCN(C(=O)OC(C)(C)C)C2)cn2c(-c3coc(C#N)c3)cnc12. The molecule has 328 valence electrons. The highest BCUT2D eigenvalue weighted by molar-refractivity contribution is 7.98. The maximum atomic E-state index is 12.6. The van der Waals surface area contributed by atoms with Gasteiger partial charge in [-0.1, -0.05) is 17.3 Å². The molecular weight excluding hydrogens is 845 g/mol. The van der Waals surface area contributed by atoms with Crippen molar-refractivity contribution in [1.29, 1.82) is 5.26 Å². The minimum absolute atomic E-state index is 0.243. The zero-order valence-electron chi connectivity index (χ0n) is 36.3.